The van der Waals surface area contributed by atoms with Gasteiger partial charge in [-0.15, -0.1) is 0 Å². The van der Waals surface area contributed by atoms with Gasteiger partial charge in [-0.1, -0.05) is 0 Å². The minimum Gasteiger partial charge on any atom is -0.444 e. The van der Waals surface area contributed by atoms with E-state index < -0.39 is 5.60 Å². The molecule has 0 saturated carbocycles. The van der Waals surface area contributed by atoms with Crippen molar-refractivity contribution in [3.05, 3.63) is 0 Å². The standard InChI is InChI=1S/C14H27N3O3/c1-5-17(13(19)20-14(2,3)4)11-6-8-16(9-7-11)12(18)10-15/h11H,5-10,15H2,1-4H3. The molecule has 1 saturated heterocycles. The van der Waals surface area contributed by atoms with Gasteiger partial charge in [0.2, 0.25) is 5.91 Å². The zero-order valence-corrected chi connectivity index (χ0v) is 13.0. The smallest absolute Gasteiger partial charge is 0.410 e. The predicted molar refractivity (Wildman–Crippen MR) is 77.3 cm³/mol. The number of nitrogens with zero attached hydrogens (tertiary/aromatic N) is 2. The summed E-state index contributed by atoms with van der Waals surface area (Å²) in [6.45, 7) is 9.50. The van der Waals surface area contributed by atoms with Crippen LogP contribution < -0.4 is 5.73 Å². The Balaban J connectivity index is 2.56. The largest absolute Gasteiger partial charge is 0.444 e. The van der Waals surface area contributed by atoms with Crippen molar-refractivity contribution in [2.24, 2.45) is 5.73 Å². The van der Waals surface area contributed by atoms with Crippen LogP contribution >= 0.6 is 0 Å². The maximum atomic E-state index is 12.2. The lowest BCUT2D eigenvalue weighted by molar-refractivity contribution is -0.131. The van der Waals surface area contributed by atoms with Crippen molar-refractivity contribution in [1.29, 1.82) is 0 Å². The summed E-state index contributed by atoms with van der Waals surface area (Å²) in [6.07, 6.45) is 1.28. The molecule has 1 aliphatic rings. The second-order valence-electron chi connectivity index (χ2n) is 6.08. The van der Waals surface area contributed by atoms with Crippen LogP contribution in [0.2, 0.25) is 0 Å². The fourth-order valence-corrected chi connectivity index (χ4v) is 2.41. The molecular weight excluding hydrogens is 258 g/mol. The normalized spacial score (nSPS) is 16.9. The molecule has 0 aromatic carbocycles. The van der Waals surface area contributed by atoms with E-state index in [1.807, 2.05) is 27.7 Å². The highest BCUT2D eigenvalue weighted by Gasteiger charge is 2.30. The number of likely N-dealkylation sites (tertiary alicyclic amines) is 1. The van der Waals surface area contributed by atoms with Crippen LogP contribution in [0, 0.1) is 0 Å². The third-order valence-electron chi connectivity index (χ3n) is 3.40. The van der Waals surface area contributed by atoms with Crippen molar-refractivity contribution < 1.29 is 14.3 Å². The summed E-state index contributed by atoms with van der Waals surface area (Å²) < 4.78 is 5.43. The van der Waals surface area contributed by atoms with Gasteiger partial charge in [0.05, 0.1) is 6.54 Å². The van der Waals surface area contributed by atoms with Crippen molar-refractivity contribution in [3.63, 3.8) is 0 Å². The van der Waals surface area contributed by atoms with Crippen molar-refractivity contribution >= 4 is 12.0 Å². The molecule has 0 atom stereocenters. The number of hydrogen-bond acceptors (Lipinski definition) is 4. The van der Waals surface area contributed by atoms with Gasteiger partial charge < -0.3 is 20.3 Å². The van der Waals surface area contributed by atoms with Gasteiger partial charge in [0, 0.05) is 25.7 Å². The number of hydrogen-bond donors (Lipinski definition) is 1. The molecule has 1 aliphatic heterocycles. The highest BCUT2D eigenvalue weighted by molar-refractivity contribution is 5.78. The lowest BCUT2D eigenvalue weighted by Gasteiger charge is -2.38. The molecule has 116 valence electrons. The second kappa shape index (κ2) is 6.92. The Bertz CT molecular complexity index is 344. The topological polar surface area (TPSA) is 75.9 Å². The molecule has 0 aliphatic carbocycles. The summed E-state index contributed by atoms with van der Waals surface area (Å²) >= 11 is 0. The predicted octanol–water partition coefficient (Wildman–Crippen LogP) is 1.19. The van der Waals surface area contributed by atoms with Gasteiger partial charge in [0.25, 0.3) is 0 Å². The third kappa shape index (κ3) is 4.67. The molecule has 6 heteroatoms. The first kappa shape index (κ1) is 16.8. The van der Waals surface area contributed by atoms with E-state index in [2.05, 4.69) is 0 Å². The summed E-state index contributed by atoms with van der Waals surface area (Å²) in [4.78, 5) is 27.2. The minimum atomic E-state index is -0.485. The Morgan fingerprint density at radius 1 is 1.30 bits per heavy atom. The van der Waals surface area contributed by atoms with E-state index in [9.17, 15) is 9.59 Å². The van der Waals surface area contributed by atoms with Crippen LogP contribution in [0.5, 0.6) is 0 Å². The molecule has 6 nitrogen and oxygen atoms in total. The van der Waals surface area contributed by atoms with E-state index >= 15 is 0 Å². The van der Waals surface area contributed by atoms with E-state index in [0.29, 0.717) is 19.6 Å². The molecule has 0 radical (unpaired) electrons. The first-order chi connectivity index (χ1) is 9.28. The maximum absolute atomic E-state index is 12.2. The summed E-state index contributed by atoms with van der Waals surface area (Å²) in [5.41, 5.74) is 4.88. The fraction of sp³-hybridized carbons (Fsp3) is 0.857. The van der Waals surface area contributed by atoms with Crippen molar-refractivity contribution in [2.45, 2.75) is 52.2 Å². The number of piperidine rings is 1. The van der Waals surface area contributed by atoms with Crippen LogP contribution in [-0.4, -0.2) is 59.6 Å². The summed E-state index contributed by atoms with van der Waals surface area (Å²) in [5, 5.41) is 0. The summed E-state index contributed by atoms with van der Waals surface area (Å²) in [6, 6.07) is 0.136. The Morgan fingerprint density at radius 3 is 2.25 bits per heavy atom. The van der Waals surface area contributed by atoms with E-state index in [-0.39, 0.29) is 24.6 Å². The number of carbonyl (C=O) groups is 2. The van der Waals surface area contributed by atoms with Gasteiger partial charge in [0.1, 0.15) is 5.60 Å². The Morgan fingerprint density at radius 2 is 1.85 bits per heavy atom. The number of rotatable bonds is 3. The first-order valence-corrected chi connectivity index (χ1v) is 7.26. The quantitative estimate of drug-likeness (QED) is 0.845. The molecule has 20 heavy (non-hydrogen) atoms. The third-order valence-corrected chi connectivity index (χ3v) is 3.40. The highest BCUT2D eigenvalue weighted by Crippen LogP contribution is 2.19. The van der Waals surface area contributed by atoms with E-state index in [1.54, 1.807) is 9.80 Å². The van der Waals surface area contributed by atoms with Gasteiger partial charge >= 0.3 is 6.09 Å². The monoisotopic (exact) mass is 285 g/mol. The van der Waals surface area contributed by atoms with Crippen molar-refractivity contribution in [3.8, 4) is 0 Å². The molecule has 0 bridgehead atoms. The van der Waals surface area contributed by atoms with Gasteiger partial charge in [-0.3, -0.25) is 4.79 Å². The van der Waals surface area contributed by atoms with Gasteiger partial charge in [0.15, 0.2) is 0 Å². The molecule has 2 N–H and O–H groups in total. The number of nitrogens with two attached hydrogens (primary N) is 1. The lowest BCUT2D eigenvalue weighted by Crippen LogP contribution is -2.50. The van der Waals surface area contributed by atoms with Crippen LogP contribution in [0.1, 0.15) is 40.5 Å². The van der Waals surface area contributed by atoms with E-state index in [1.165, 1.54) is 0 Å². The molecule has 0 aromatic rings. The summed E-state index contributed by atoms with van der Waals surface area (Å²) in [5.74, 6) is -0.0243. The fourth-order valence-electron chi connectivity index (χ4n) is 2.41. The molecule has 0 spiro atoms. The number of amides is 2. The van der Waals surface area contributed by atoms with Crippen LogP contribution in [0.3, 0.4) is 0 Å². The van der Waals surface area contributed by atoms with Crippen molar-refractivity contribution in [1.82, 2.24) is 9.80 Å². The molecule has 1 fully saturated rings. The van der Waals surface area contributed by atoms with Gasteiger partial charge in [-0.25, -0.2) is 4.79 Å². The van der Waals surface area contributed by atoms with Crippen LogP contribution in [-0.2, 0) is 9.53 Å². The second-order valence-corrected chi connectivity index (χ2v) is 6.08. The van der Waals surface area contributed by atoms with Gasteiger partial charge in [-0.2, -0.15) is 0 Å². The highest BCUT2D eigenvalue weighted by atomic mass is 16.6. The Hall–Kier alpha value is -1.30. The van der Waals surface area contributed by atoms with Crippen molar-refractivity contribution in [2.75, 3.05) is 26.2 Å². The van der Waals surface area contributed by atoms with Crippen LogP contribution in [0.15, 0.2) is 0 Å². The Kier molecular flexibility index (Phi) is 5.80. The molecule has 0 aromatic heterocycles. The molecular formula is C14H27N3O3. The zero-order valence-electron chi connectivity index (χ0n) is 13.0. The van der Waals surface area contributed by atoms with E-state index in [0.717, 1.165) is 12.8 Å². The van der Waals surface area contributed by atoms with E-state index in [4.69, 9.17) is 10.5 Å². The first-order valence-electron chi connectivity index (χ1n) is 7.26. The van der Waals surface area contributed by atoms with Gasteiger partial charge in [-0.05, 0) is 40.5 Å². The lowest BCUT2D eigenvalue weighted by atomic mass is 10.0. The number of carbonyl (C=O) groups excluding carboxylic acids is 2. The molecule has 0 unspecified atom stereocenters. The molecule has 1 heterocycles. The van der Waals surface area contributed by atoms with Crippen LogP contribution in [0.25, 0.3) is 0 Å². The average molecular weight is 285 g/mol. The maximum Gasteiger partial charge on any atom is 0.410 e. The summed E-state index contributed by atoms with van der Waals surface area (Å²) in [7, 11) is 0. The number of ether oxygens (including phenoxy) is 1. The molecule has 1 rings (SSSR count). The SMILES string of the molecule is CCN(C(=O)OC(C)(C)C)C1CCN(C(=O)CN)CC1. The zero-order chi connectivity index (χ0) is 15.3. The van der Waals surface area contributed by atoms with Crippen LogP contribution in [0.4, 0.5) is 4.79 Å². The molecule has 2 amide bonds. The Labute approximate surface area is 121 Å². The minimum absolute atomic E-state index is 0.0243. The average Bonchev–Trinajstić information content (AvgIpc) is 2.37.